The second-order valence-corrected chi connectivity index (χ2v) is 6.54. The third-order valence-electron chi connectivity index (χ3n) is 3.06. The van der Waals surface area contributed by atoms with Crippen molar-refractivity contribution in [2.75, 3.05) is 0 Å². The Morgan fingerprint density at radius 2 is 2.29 bits per heavy atom. The molecule has 5 heteroatoms. The molecule has 0 fully saturated rings. The number of aromatic nitrogens is 1. The van der Waals surface area contributed by atoms with Gasteiger partial charge in [-0.3, -0.25) is 0 Å². The SMILES string of the molecule is C=C/C=C(/Oc1sc(C)c(CC)c1-c1ccns1)C(C)=N. The van der Waals surface area contributed by atoms with Gasteiger partial charge in [0.2, 0.25) is 0 Å². The van der Waals surface area contributed by atoms with Gasteiger partial charge in [0.25, 0.3) is 0 Å². The lowest BCUT2D eigenvalue weighted by atomic mass is 10.1. The van der Waals surface area contributed by atoms with Gasteiger partial charge in [-0.2, -0.15) is 0 Å². The predicted octanol–water partition coefficient (Wildman–Crippen LogP) is 5.23. The Morgan fingerprint density at radius 1 is 1.52 bits per heavy atom. The van der Waals surface area contributed by atoms with E-state index in [9.17, 15) is 0 Å². The van der Waals surface area contributed by atoms with E-state index in [1.165, 1.54) is 22.0 Å². The molecular weight excluding hydrogens is 300 g/mol. The summed E-state index contributed by atoms with van der Waals surface area (Å²) in [6.07, 6.45) is 6.11. The first-order valence-electron chi connectivity index (χ1n) is 6.67. The maximum absolute atomic E-state index is 7.81. The van der Waals surface area contributed by atoms with Gasteiger partial charge in [0.05, 0.1) is 16.2 Å². The van der Waals surface area contributed by atoms with Crippen molar-refractivity contribution < 1.29 is 4.74 Å². The number of thiophene rings is 1. The van der Waals surface area contributed by atoms with Crippen molar-refractivity contribution >= 4 is 28.6 Å². The number of ether oxygens (including phenoxy) is 1. The molecular formula is C16H18N2OS2. The predicted molar refractivity (Wildman–Crippen MR) is 91.9 cm³/mol. The van der Waals surface area contributed by atoms with Gasteiger partial charge in [0.1, 0.15) is 5.76 Å². The van der Waals surface area contributed by atoms with Gasteiger partial charge in [0.15, 0.2) is 5.06 Å². The Morgan fingerprint density at radius 3 is 2.81 bits per heavy atom. The molecule has 2 heterocycles. The van der Waals surface area contributed by atoms with E-state index in [0.29, 0.717) is 11.5 Å². The van der Waals surface area contributed by atoms with Gasteiger partial charge < -0.3 is 10.1 Å². The van der Waals surface area contributed by atoms with Crippen LogP contribution in [0.1, 0.15) is 24.3 Å². The lowest BCUT2D eigenvalue weighted by molar-refractivity contribution is 0.467. The van der Waals surface area contributed by atoms with Crippen molar-refractivity contribution in [1.82, 2.24) is 4.37 Å². The number of nitrogens with one attached hydrogen (secondary N) is 1. The highest BCUT2D eigenvalue weighted by molar-refractivity contribution is 7.15. The summed E-state index contributed by atoms with van der Waals surface area (Å²) in [6, 6.07) is 2.01. The van der Waals surface area contributed by atoms with Crippen molar-refractivity contribution in [3.63, 3.8) is 0 Å². The van der Waals surface area contributed by atoms with E-state index in [2.05, 4.69) is 24.8 Å². The average Bonchev–Trinajstić information content (AvgIpc) is 3.05. The molecule has 110 valence electrons. The monoisotopic (exact) mass is 318 g/mol. The highest BCUT2D eigenvalue weighted by Crippen LogP contribution is 2.44. The second kappa shape index (κ2) is 6.83. The zero-order valence-electron chi connectivity index (χ0n) is 12.4. The fraction of sp³-hybridized carbons (Fsp3) is 0.250. The van der Waals surface area contributed by atoms with Gasteiger partial charge in [-0.15, -0.1) is 11.3 Å². The van der Waals surface area contributed by atoms with Crippen LogP contribution in [-0.4, -0.2) is 10.1 Å². The summed E-state index contributed by atoms with van der Waals surface area (Å²) < 4.78 is 10.2. The molecule has 2 aromatic heterocycles. The smallest absolute Gasteiger partial charge is 0.190 e. The van der Waals surface area contributed by atoms with Gasteiger partial charge in [-0.1, -0.05) is 19.6 Å². The third-order valence-corrected chi connectivity index (χ3v) is 4.85. The number of hydrogen-bond donors (Lipinski definition) is 1. The molecule has 0 amide bonds. The molecule has 0 bridgehead atoms. The molecule has 0 atom stereocenters. The molecule has 0 saturated heterocycles. The molecule has 0 unspecified atom stereocenters. The lowest BCUT2D eigenvalue weighted by Gasteiger charge is -2.09. The highest BCUT2D eigenvalue weighted by atomic mass is 32.1. The summed E-state index contributed by atoms with van der Waals surface area (Å²) in [4.78, 5) is 2.35. The normalized spacial score (nSPS) is 11.5. The molecule has 3 nitrogen and oxygen atoms in total. The van der Waals surface area contributed by atoms with Crippen LogP contribution in [0.3, 0.4) is 0 Å². The summed E-state index contributed by atoms with van der Waals surface area (Å²) in [5, 5.41) is 8.64. The lowest BCUT2D eigenvalue weighted by Crippen LogP contribution is -2.03. The van der Waals surface area contributed by atoms with E-state index in [4.69, 9.17) is 10.1 Å². The van der Waals surface area contributed by atoms with Crippen LogP contribution in [0, 0.1) is 12.3 Å². The Balaban J connectivity index is 2.52. The molecule has 21 heavy (non-hydrogen) atoms. The Bertz CT molecular complexity index is 681. The van der Waals surface area contributed by atoms with E-state index in [0.717, 1.165) is 21.9 Å². The zero-order chi connectivity index (χ0) is 15.4. The van der Waals surface area contributed by atoms with Gasteiger partial charge >= 0.3 is 0 Å². The van der Waals surface area contributed by atoms with Crippen LogP contribution in [0.5, 0.6) is 5.06 Å². The van der Waals surface area contributed by atoms with Crippen LogP contribution >= 0.6 is 22.9 Å². The molecule has 2 rings (SSSR count). The van der Waals surface area contributed by atoms with E-state index >= 15 is 0 Å². The molecule has 0 spiro atoms. The quantitative estimate of drug-likeness (QED) is 0.450. The molecule has 0 aliphatic rings. The number of aryl methyl sites for hydroxylation is 1. The van der Waals surface area contributed by atoms with Crippen molar-refractivity contribution in [3.05, 3.63) is 47.2 Å². The maximum atomic E-state index is 7.81. The fourth-order valence-corrected chi connectivity index (χ4v) is 3.93. The van der Waals surface area contributed by atoms with E-state index < -0.39 is 0 Å². The first-order chi connectivity index (χ1) is 10.1. The van der Waals surface area contributed by atoms with Crippen LogP contribution in [0.25, 0.3) is 10.4 Å². The molecule has 0 aliphatic heterocycles. The second-order valence-electron chi connectivity index (χ2n) is 4.52. The number of rotatable bonds is 6. The Kier molecular flexibility index (Phi) is 5.09. The van der Waals surface area contributed by atoms with Crippen molar-refractivity contribution in [2.24, 2.45) is 0 Å². The van der Waals surface area contributed by atoms with Crippen molar-refractivity contribution in [2.45, 2.75) is 27.2 Å². The van der Waals surface area contributed by atoms with E-state index in [1.807, 2.05) is 6.07 Å². The summed E-state index contributed by atoms with van der Waals surface area (Å²) in [7, 11) is 0. The standard InChI is InChI=1S/C16H18N2OS2/c1-5-7-13(10(3)17)19-16-15(14-8-9-18-21-14)12(6-2)11(4)20-16/h5,7-9,17H,1,6H2,2-4H3/b13-7+,17-10?. The van der Waals surface area contributed by atoms with Crippen LogP contribution in [0.15, 0.2) is 36.8 Å². The van der Waals surface area contributed by atoms with Crippen LogP contribution in [0.4, 0.5) is 0 Å². The maximum Gasteiger partial charge on any atom is 0.190 e. The van der Waals surface area contributed by atoms with Gasteiger partial charge in [-0.05, 0) is 49.5 Å². The molecule has 0 aromatic carbocycles. The summed E-state index contributed by atoms with van der Waals surface area (Å²) in [5.74, 6) is 0.527. The summed E-state index contributed by atoms with van der Waals surface area (Å²) in [6.45, 7) is 9.64. The zero-order valence-corrected chi connectivity index (χ0v) is 14.0. The van der Waals surface area contributed by atoms with Crippen molar-refractivity contribution in [3.8, 4) is 15.5 Å². The van der Waals surface area contributed by atoms with Gasteiger partial charge in [-0.25, -0.2) is 4.37 Å². The summed E-state index contributed by atoms with van der Waals surface area (Å²) in [5.41, 5.74) is 2.79. The summed E-state index contributed by atoms with van der Waals surface area (Å²) >= 11 is 3.09. The highest BCUT2D eigenvalue weighted by Gasteiger charge is 2.20. The molecule has 0 aliphatic carbocycles. The number of allylic oxidation sites excluding steroid dienone is 3. The van der Waals surface area contributed by atoms with E-state index in [-0.39, 0.29) is 0 Å². The molecule has 0 saturated carbocycles. The molecule has 0 radical (unpaired) electrons. The average molecular weight is 318 g/mol. The van der Waals surface area contributed by atoms with Gasteiger partial charge in [0, 0.05) is 11.1 Å². The Hall–Kier alpha value is -1.72. The topological polar surface area (TPSA) is 46.0 Å². The number of hydrogen-bond acceptors (Lipinski definition) is 5. The minimum Gasteiger partial charge on any atom is -0.444 e. The minimum atomic E-state index is 0.384. The molecule has 1 N–H and O–H groups in total. The van der Waals surface area contributed by atoms with Crippen LogP contribution in [0.2, 0.25) is 0 Å². The fourth-order valence-electron chi connectivity index (χ4n) is 2.09. The minimum absolute atomic E-state index is 0.384. The van der Waals surface area contributed by atoms with Crippen molar-refractivity contribution in [1.29, 1.82) is 5.41 Å². The van der Waals surface area contributed by atoms with Crippen LogP contribution < -0.4 is 4.74 Å². The molecule has 2 aromatic rings. The first kappa shape index (κ1) is 15.7. The van der Waals surface area contributed by atoms with E-state index in [1.54, 1.807) is 36.6 Å². The Labute approximate surface area is 133 Å². The first-order valence-corrected chi connectivity index (χ1v) is 8.26. The third kappa shape index (κ3) is 3.31. The largest absolute Gasteiger partial charge is 0.444 e. The number of nitrogens with zero attached hydrogens (tertiary/aromatic N) is 1. The van der Waals surface area contributed by atoms with Crippen LogP contribution in [-0.2, 0) is 6.42 Å².